The molecule has 2 atom stereocenters. The molecule has 0 amide bonds. The van der Waals surface area contributed by atoms with Crippen LogP contribution in [0.5, 0.6) is 0 Å². The molecule has 104 valence electrons. The first-order valence-electron chi connectivity index (χ1n) is 7.15. The second-order valence-electron chi connectivity index (χ2n) is 5.69. The van der Waals surface area contributed by atoms with Gasteiger partial charge < -0.3 is 10.5 Å². The molecule has 0 heterocycles. The van der Waals surface area contributed by atoms with Crippen molar-refractivity contribution >= 4 is 17.7 Å². The standard InChI is InChI=1S/C14H25NO2S/c1-17-13(16)14(15)9-4-5-11(14)8-10-18-12-6-2-3-7-12/h11-12H,2-10,15H2,1H3. The maximum absolute atomic E-state index is 11.8. The molecule has 2 rings (SSSR count). The topological polar surface area (TPSA) is 52.3 Å². The molecule has 0 aliphatic heterocycles. The molecule has 0 aromatic rings. The summed E-state index contributed by atoms with van der Waals surface area (Å²) in [5.41, 5.74) is 5.56. The first-order chi connectivity index (χ1) is 8.66. The summed E-state index contributed by atoms with van der Waals surface area (Å²) in [7, 11) is 1.44. The van der Waals surface area contributed by atoms with Crippen LogP contribution in [0.2, 0.25) is 0 Å². The molecule has 0 aromatic heterocycles. The Kier molecular flexibility index (Phi) is 4.96. The van der Waals surface area contributed by atoms with Crippen molar-refractivity contribution < 1.29 is 9.53 Å². The number of hydrogen-bond donors (Lipinski definition) is 1. The summed E-state index contributed by atoms with van der Waals surface area (Å²) in [6, 6.07) is 0. The van der Waals surface area contributed by atoms with Crippen LogP contribution >= 0.6 is 11.8 Å². The van der Waals surface area contributed by atoms with Gasteiger partial charge in [0.15, 0.2) is 0 Å². The molecule has 2 saturated carbocycles. The lowest BCUT2D eigenvalue weighted by Crippen LogP contribution is -2.51. The minimum atomic E-state index is -0.703. The number of methoxy groups -OCH3 is 1. The van der Waals surface area contributed by atoms with Gasteiger partial charge in [-0.25, -0.2) is 0 Å². The molecule has 2 aliphatic rings. The lowest BCUT2D eigenvalue weighted by molar-refractivity contribution is -0.148. The van der Waals surface area contributed by atoms with E-state index in [9.17, 15) is 4.79 Å². The summed E-state index contributed by atoms with van der Waals surface area (Å²) >= 11 is 2.08. The molecule has 3 nitrogen and oxygen atoms in total. The van der Waals surface area contributed by atoms with Crippen molar-refractivity contribution in [1.82, 2.24) is 0 Å². The smallest absolute Gasteiger partial charge is 0.326 e. The molecule has 2 aliphatic carbocycles. The maximum atomic E-state index is 11.8. The van der Waals surface area contributed by atoms with Crippen molar-refractivity contribution in [2.45, 2.75) is 62.2 Å². The van der Waals surface area contributed by atoms with Gasteiger partial charge in [0.05, 0.1) is 7.11 Å². The van der Waals surface area contributed by atoms with Crippen molar-refractivity contribution in [1.29, 1.82) is 0 Å². The molecule has 2 N–H and O–H groups in total. The summed E-state index contributed by atoms with van der Waals surface area (Å²) in [4.78, 5) is 11.8. The number of nitrogens with two attached hydrogens (primary N) is 1. The molecule has 0 aromatic carbocycles. The van der Waals surface area contributed by atoms with Crippen LogP contribution in [-0.2, 0) is 9.53 Å². The molecule has 0 bridgehead atoms. The first kappa shape index (κ1) is 14.2. The van der Waals surface area contributed by atoms with Crippen molar-refractivity contribution in [3.8, 4) is 0 Å². The van der Waals surface area contributed by atoms with Gasteiger partial charge in [0, 0.05) is 5.25 Å². The fraction of sp³-hybridized carbons (Fsp3) is 0.929. The minimum Gasteiger partial charge on any atom is -0.468 e. The average Bonchev–Trinajstić information content (AvgIpc) is 3.00. The third-order valence-electron chi connectivity index (χ3n) is 4.56. The summed E-state index contributed by atoms with van der Waals surface area (Å²) in [5.74, 6) is 1.25. The molecule has 4 heteroatoms. The van der Waals surface area contributed by atoms with Gasteiger partial charge in [-0.1, -0.05) is 19.3 Å². The van der Waals surface area contributed by atoms with E-state index >= 15 is 0 Å². The predicted molar refractivity (Wildman–Crippen MR) is 75.6 cm³/mol. The zero-order chi connectivity index (χ0) is 13.0. The van der Waals surface area contributed by atoms with Crippen LogP contribution in [0.25, 0.3) is 0 Å². The van der Waals surface area contributed by atoms with Gasteiger partial charge in [-0.05, 0) is 43.8 Å². The lowest BCUT2D eigenvalue weighted by atomic mass is 9.86. The Hall–Kier alpha value is -0.220. The largest absolute Gasteiger partial charge is 0.468 e. The fourth-order valence-electron chi connectivity index (χ4n) is 3.40. The SMILES string of the molecule is COC(=O)C1(N)CCCC1CCSC1CCCC1. The van der Waals surface area contributed by atoms with Crippen LogP contribution in [0.15, 0.2) is 0 Å². The van der Waals surface area contributed by atoms with Crippen molar-refractivity contribution in [2.24, 2.45) is 11.7 Å². The fourth-order valence-corrected chi connectivity index (χ4v) is 4.82. The maximum Gasteiger partial charge on any atom is 0.326 e. The minimum absolute atomic E-state index is 0.212. The van der Waals surface area contributed by atoms with E-state index in [-0.39, 0.29) is 5.97 Å². The summed E-state index contributed by atoms with van der Waals surface area (Å²) in [6.45, 7) is 0. The van der Waals surface area contributed by atoms with Crippen LogP contribution in [0.1, 0.15) is 51.4 Å². The van der Waals surface area contributed by atoms with Gasteiger partial charge in [0.2, 0.25) is 0 Å². The normalized spacial score (nSPS) is 32.9. The van der Waals surface area contributed by atoms with E-state index in [0.29, 0.717) is 5.92 Å². The van der Waals surface area contributed by atoms with Crippen molar-refractivity contribution in [3.05, 3.63) is 0 Å². The number of esters is 1. The quantitative estimate of drug-likeness (QED) is 0.781. The van der Waals surface area contributed by atoms with Crippen LogP contribution < -0.4 is 5.73 Å². The molecular formula is C14H25NO2S. The van der Waals surface area contributed by atoms with Crippen LogP contribution in [0.4, 0.5) is 0 Å². The molecule has 0 saturated heterocycles. The van der Waals surface area contributed by atoms with Gasteiger partial charge >= 0.3 is 5.97 Å². The Labute approximate surface area is 114 Å². The number of hydrogen-bond acceptors (Lipinski definition) is 4. The monoisotopic (exact) mass is 271 g/mol. The number of carbonyl (C=O) groups is 1. The van der Waals surface area contributed by atoms with Gasteiger partial charge in [0.1, 0.15) is 5.54 Å². The van der Waals surface area contributed by atoms with Gasteiger partial charge in [-0.3, -0.25) is 4.79 Å². The van der Waals surface area contributed by atoms with E-state index in [4.69, 9.17) is 10.5 Å². The van der Waals surface area contributed by atoms with E-state index in [0.717, 1.165) is 36.7 Å². The van der Waals surface area contributed by atoms with Crippen molar-refractivity contribution in [2.75, 3.05) is 12.9 Å². The molecular weight excluding hydrogens is 246 g/mol. The molecule has 2 fully saturated rings. The Morgan fingerprint density at radius 1 is 1.33 bits per heavy atom. The highest BCUT2D eigenvalue weighted by Crippen LogP contribution is 2.39. The van der Waals surface area contributed by atoms with E-state index in [1.807, 2.05) is 0 Å². The zero-order valence-electron chi connectivity index (χ0n) is 11.3. The van der Waals surface area contributed by atoms with Crippen LogP contribution in [0.3, 0.4) is 0 Å². The highest BCUT2D eigenvalue weighted by atomic mass is 32.2. The van der Waals surface area contributed by atoms with E-state index in [1.54, 1.807) is 0 Å². The van der Waals surface area contributed by atoms with Crippen LogP contribution in [0, 0.1) is 5.92 Å². The number of thioether (sulfide) groups is 1. The van der Waals surface area contributed by atoms with E-state index in [2.05, 4.69) is 11.8 Å². The highest BCUT2D eigenvalue weighted by molar-refractivity contribution is 7.99. The molecule has 18 heavy (non-hydrogen) atoms. The average molecular weight is 271 g/mol. The summed E-state index contributed by atoms with van der Waals surface area (Å²) < 4.78 is 4.88. The van der Waals surface area contributed by atoms with Crippen molar-refractivity contribution in [3.63, 3.8) is 0 Å². The summed E-state index contributed by atoms with van der Waals surface area (Å²) in [5, 5.41) is 0.858. The lowest BCUT2D eigenvalue weighted by Gasteiger charge is -2.28. The van der Waals surface area contributed by atoms with Gasteiger partial charge in [-0.2, -0.15) is 11.8 Å². The summed E-state index contributed by atoms with van der Waals surface area (Å²) in [6.07, 6.45) is 9.53. The number of rotatable bonds is 5. The van der Waals surface area contributed by atoms with Gasteiger partial charge in [-0.15, -0.1) is 0 Å². The highest BCUT2D eigenvalue weighted by Gasteiger charge is 2.46. The van der Waals surface area contributed by atoms with E-state index < -0.39 is 5.54 Å². The predicted octanol–water partition coefficient (Wildman–Crippen LogP) is 2.72. The second-order valence-corrected chi connectivity index (χ2v) is 7.10. The Morgan fingerprint density at radius 3 is 2.72 bits per heavy atom. The molecule has 2 unspecified atom stereocenters. The zero-order valence-corrected chi connectivity index (χ0v) is 12.1. The third-order valence-corrected chi connectivity index (χ3v) is 5.97. The van der Waals surface area contributed by atoms with Gasteiger partial charge in [0.25, 0.3) is 0 Å². The molecule has 0 radical (unpaired) electrons. The first-order valence-corrected chi connectivity index (χ1v) is 8.20. The number of ether oxygens (including phenoxy) is 1. The third kappa shape index (κ3) is 3.02. The second kappa shape index (κ2) is 6.29. The van der Waals surface area contributed by atoms with Crippen LogP contribution in [-0.4, -0.2) is 29.6 Å². The number of carbonyl (C=O) groups excluding carboxylic acids is 1. The Bertz CT molecular complexity index is 292. The van der Waals surface area contributed by atoms with E-state index in [1.165, 1.54) is 32.8 Å². The Balaban J connectivity index is 1.78. The Morgan fingerprint density at radius 2 is 2.06 bits per heavy atom. The molecule has 0 spiro atoms.